The lowest BCUT2D eigenvalue weighted by atomic mass is 10.1. The number of carbonyl (C=O) groups excluding carboxylic acids is 1. The summed E-state index contributed by atoms with van der Waals surface area (Å²) in [4.78, 5) is 14.9. The summed E-state index contributed by atoms with van der Waals surface area (Å²) in [6, 6.07) is 20.6. The highest BCUT2D eigenvalue weighted by molar-refractivity contribution is 5.77. The van der Waals surface area contributed by atoms with Gasteiger partial charge in [0.25, 0.3) is 0 Å². The molecule has 144 valence electrons. The number of hydrogen-bond acceptors (Lipinski definition) is 1. The van der Waals surface area contributed by atoms with Crippen molar-refractivity contribution >= 4 is 12.0 Å². The molecule has 0 saturated heterocycles. The molecule has 0 bridgehead atoms. The van der Waals surface area contributed by atoms with Crippen LogP contribution in [0.3, 0.4) is 0 Å². The summed E-state index contributed by atoms with van der Waals surface area (Å²) in [5.41, 5.74) is 2.35. The Morgan fingerprint density at radius 3 is 2.22 bits per heavy atom. The third-order valence-corrected chi connectivity index (χ3v) is 4.98. The summed E-state index contributed by atoms with van der Waals surface area (Å²) in [7, 11) is 0. The molecule has 0 aliphatic heterocycles. The second-order valence-electron chi connectivity index (χ2n) is 7.11. The highest BCUT2D eigenvalue weighted by Crippen LogP contribution is 2.22. The largest absolute Gasteiger partial charge is 0.332 e. The lowest BCUT2D eigenvalue weighted by Gasteiger charge is -2.29. The summed E-state index contributed by atoms with van der Waals surface area (Å²) in [6.07, 6.45) is 10.7. The Hall–Kier alpha value is -2.35. The van der Waals surface area contributed by atoms with E-state index >= 15 is 0 Å². The molecule has 0 saturated carbocycles. The van der Waals surface area contributed by atoms with Crippen LogP contribution in [0.15, 0.2) is 66.7 Å². The molecule has 0 aliphatic rings. The average Bonchev–Trinajstić information content (AvgIpc) is 2.72. The maximum absolute atomic E-state index is 12.9. The number of unbranched alkanes of at least 4 members (excludes halogenated alkanes) is 4. The van der Waals surface area contributed by atoms with E-state index in [4.69, 9.17) is 0 Å². The van der Waals surface area contributed by atoms with Gasteiger partial charge in [-0.05, 0) is 24.5 Å². The van der Waals surface area contributed by atoms with Gasteiger partial charge in [0.15, 0.2) is 0 Å². The predicted octanol–water partition coefficient (Wildman–Crippen LogP) is 6.65. The highest BCUT2D eigenvalue weighted by atomic mass is 16.2. The zero-order chi connectivity index (χ0) is 19.3. The van der Waals surface area contributed by atoms with Crippen molar-refractivity contribution in [1.29, 1.82) is 0 Å². The van der Waals surface area contributed by atoms with Crippen LogP contribution in [0.2, 0.25) is 0 Å². The van der Waals surface area contributed by atoms with E-state index in [9.17, 15) is 4.79 Å². The molecular formula is C25H33NO. The van der Waals surface area contributed by atoms with Crippen LogP contribution in [0.1, 0.15) is 69.5 Å². The van der Waals surface area contributed by atoms with Gasteiger partial charge in [0, 0.05) is 13.0 Å². The maximum Gasteiger partial charge on any atom is 0.223 e. The second-order valence-corrected chi connectivity index (χ2v) is 7.11. The Labute approximate surface area is 164 Å². The summed E-state index contributed by atoms with van der Waals surface area (Å²) >= 11 is 0. The molecule has 0 radical (unpaired) electrons. The van der Waals surface area contributed by atoms with E-state index in [-0.39, 0.29) is 11.9 Å². The summed E-state index contributed by atoms with van der Waals surface area (Å²) in [5, 5.41) is 0. The van der Waals surface area contributed by atoms with Gasteiger partial charge in [-0.15, -0.1) is 0 Å². The van der Waals surface area contributed by atoms with Crippen LogP contribution in [0.25, 0.3) is 6.08 Å². The van der Waals surface area contributed by atoms with E-state index < -0.39 is 0 Å². The van der Waals surface area contributed by atoms with Crippen molar-refractivity contribution < 1.29 is 4.79 Å². The lowest BCUT2D eigenvalue weighted by Crippen LogP contribution is -2.33. The van der Waals surface area contributed by atoms with Crippen molar-refractivity contribution in [2.24, 2.45) is 0 Å². The summed E-state index contributed by atoms with van der Waals surface area (Å²) in [6.45, 7) is 4.98. The molecule has 2 aromatic rings. The fourth-order valence-electron chi connectivity index (χ4n) is 3.28. The molecule has 1 amide bonds. The molecule has 0 aromatic heterocycles. The van der Waals surface area contributed by atoms with Crippen LogP contribution >= 0.6 is 0 Å². The maximum atomic E-state index is 12.9. The van der Waals surface area contributed by atoms with E-state index in [0.717, 1.165) is 18.4 Å². The van der Waals surface area contributed by atoms with Crippen LogP contribution in [0, 0.1) is 0 Å². The van der Waals surface area contributed by atoms with Gasteiger partial charge in [0.1, 0.15) is 0 Å². The predicted molar refractivity (Wildman–Crippen MR) is 115 cm³/mol. The van der Waals surface area contributed by atoms with Crippen molar-refractivity contribution in [3.8, 4) is 0 Å². The average molecular weight is 364 g/mol. The van der Waals surface area contributed by atoms with Crippen LogP contribution in [-0.2, 0) is 4.79 Å². The van der Waals surface area contributed by atoms with E-state index in [1.165, 1.54) is 24.8 Å². The fraction of sp³-hybridized carbons (Fsp3) is 0.400. The molecule has 0 heterocycles. The molecule has 2 aromatic carbocycles. The molecule has 0 aliphatic carbocycles. The van der Waals surface area contributed by atoms with E-state index in [2.05, 4.69) is 50.3 Å². The fourth-order valence-corrected chi connectivity index (χ4v) is 3.28. The van der Waals surface area contributed by atoms with Gasteiger partial charge in [0.2, 0.25) is 5.91 Å². The first-order valence-electron chi connectivity index (χ1n) is 10.3. The van der Waals surface area contributed by atoms with Gasteiger partial charge in [-0.3, -0.25) is 4.79 Å². The highest BCUT2D eigenvalue weighted by Gasteiger charge is 2.19. The third kappa shape index (κ3) is 7.42. The number of rotatable bonds is 11. The molecule has 0 fully saturated rings. The van der Waals surface area contributed by atoms with E-state index in [1.54, 1.807) is 0 Å². The van der Waals surface area contributed by atoms with Gasteiger partial charge in [0.05, 0.1) is 6.04 Å². The zero-order valence-corrected chi connectivity index (χ0v) is 16.8. The minimum atomic E-state index is 0.0785. The number of benzene rings is 2. The first-order valence-corrected chi connectivity index (χ1v) is 10.3. The van der Waals surface area contributed by atoms with Crippen LogP contribution in [0.5, 0.6) is 0 Å². The first-order chi connectivity index (χ1) is 13.2. The van der Waals surface area contributed by atoms with Gasteiger partial charge in [-0.25, -0.2) is 0 Å². The van der Waals surface area contributed by atoms with Crippen molar-refractivity contribution in [3.63, 3.8) is 0 Å². The normalized spacial score (nSPS) is 12.2. The molecule has 0 N–H and O–H groups in total. The number of nitrogens with zero attached hydrogens (tertiary/aromatic N) is 1. The minimum absolute atomic E-state index is 0.0785. The Morgan fingerprint density at radius 2 is 1.56 bits per heavy atom. The topological polar surface area (TPSA) is 20.3 Å². The van der Waals surface area contributed by atoms with Crippen LogP contribution < -0.4 is 0 Å². The van der Waals surface area contributed by atoms with Crippen LogP contribution in [-0.4, -0.2) is 17.4 Å². The van der Waals surface area contributed by atoms with Gasteiger partial charge < -0.3 is 4.90 Å². The van der Waals surface area contributed by atoms with Gasteiger partial charge >= 0.3 is 0 Å². The molecule has 2 nitrogen and oxygen atoms in total. The van der Waals surface area contributed by atoms with Crippen molar-refractivity contribution in [2.45, 2.75) is 58.4 Å². The van der Waals surface area contributed by atoms with E-state index in [1.807, 2.05) is 41.3 Å². The molecule has 27 heavy (non-hydrogen) atoms. The third-order valence-electron chi connectivity index (χ3n) is 4.98. The van der Waals surface area contributed by atoms with Crippen molar-refractivity contribution in [1.82, 2.24) is 4.90 Å². The Bertz CT molecular complexity index is 678. The quantitative estimate of drug-likeness (QED) is 0.409. The Kier molecular flexibility index (Phi) is 9.40. The molecular weight excluding hydrogens is 330 g/mol. The first kappa shape index (κ1) is 21.0. The number of carbonyl (C=O) groups is 1. The standard InChI is InChI=1S/C25H33NO/c1-3-4-5-6-13-20-25(27)26(22(2)24-18-11-8-12-19-24)21-14-17-23-15-9-7-10-16-23/h7-12,14-19,22H,3-6,13,20-21H2,1-2H3/b17-14+. The molecule has 2 rings (SSSR count). The second kappa shape index (κ2) is 12.1. The Morgan fingerprint density at radius 1 is 0.926 bits per heavy atom. The molecule has 2 heteroatoms. The molecule has 1 atom stereocenters. The molecule has 1 unspecified atom stereocenters. The van der Waals surface area contributed by atoms with Crippen LogP contribution in [0.4, 0.5) is 0 Å². The molecule has 0 spiro atoms. The monoisotopic (exact) mass is 363 g/mol. The number of hydrogen-bond donors (Lipinski definition) is 0. The SMILES string of the molecule is CCCCCCCC(=O)N(C/C=C/c1ccccc1)C(C)c1ccccc1. The Balaban J connectivity index is 2.01. The minimum Gasteiger partial charge on any atom is -0.332 e. The summed E-state index contributed by atoms with van der Waals surface area (Å²) in [5.74, 6) is 0.251. The van der Waals surface area contributed by atoms with Gasteiger partial charge in [-0.2, -0.15) is 0 Å². The van der Waals surface area contributed by atoms with Gasteiger partial charge in [-0.1, -0.05) is 105 Å². The zero-order valence-electron chi connectivity index (χ0n) is 16.8. The van der Waals surface area contributed by atoms with Crippen molar-refractivity contribution in [2.75, 3.05) is 6.54 Å². The lowest BCUT2D eigenvalue weighted by molar-refractivity contribution is -0.132. The summed E-state index contributed by atoms with van der Waals surface area (Å²) < 4.78 is 0. The smallest absolute Gasteiger partial charge is 0.223 e. The number of amides is 1. The van der Waals surface area contributed by atoms with E-state index in [0.29, 0.717) is 13.0 Å². The van der Waals surface area contributed by atoms with Crippen molar-refractivity contribution in [3.05, 3.63) is 77.9 Å².